The molecule has 1 nitrogen and oxygen atoms in total. The fraction of sp³-hybridized carbons (Fsp3) is 0.538. The summed E-state index contributed by atoms with van der Waals surface area (Å²) in [5, 5.41) is 0. The maximum Gasteiger partial charge on any atom is 0.124 e. The summed E-state index contributed by atoms with van der Waals surface area (Å²) >= 11 is 3.51. The van der Waals surface area contributed by atoms with E-state index in [4.69, 9.17) is 4.74 Å². The van der Waals surface area contributed by atoms with Crippen molar-refractivity contribution in [2.24, 2.45) is 0 Å². The Morgan fingerprint density at radius 2 is 1.93 bits per heavy atom. The van der Waals surface area contributed by atoms with E-state index in [1.165, 1.54) is 44.1 Å². The summed E-state index contributed by atoms with van der Waals surface area (Å²) in [6.45, 7) is 0. The van der Waals surface area contributed by atoms with E-state index >= 15 is 0 Å². The van der Waals surface area contributed by atoms with Crippen molar-refractivity contribution in [1.29, 1.82) is 0 Å². The lowest BCUT2D eigenvalue weighted by molar-refractivity contribution is 0.0532. The zero-order valence-corrected chi connectivity index (χ0v) is 10.3. The molecule has 3 rings (SSSR count). The number of benzene rings is 1. The third kappa shape index (κ3) is 1.69. The molecular weight excluding hydrogens is 252 g/mol. The highest BCUT2D eigenvalue weighted by Gasteiger charge is 2.38. The van der Waals surface area contributed by atoms with Gasteiger partial charge in [-0.1, -0.05) is 22.0 Å². The first-order valence-corrected chi connectivity index (χ1v) is 6.54. The molecule has 1 heterocycles. The van der Waals surface area contributed by atoms with Crippen LogP contribution in [0.1, 0.15) is 37.7 Å². The minimum absolute atomic E-state index is 0.188. The van der Waals surface area contributed by atoms with Crippen LogP contribution in [0.3, 0.4) is 0 Å². The lowest BCUT2D eigenvalue weighted by atomic mass is 9.90. The van der Waals surface area contributed by atoms with Gasteiger partial charge in [-0.3, -0.25) is 0 Å². The van der Waals surface area contributed by atoms with E-state index in [-0.39, 0.29) is 5.60 Å². The van der Waals surface area contributed by atoms with Crippen LogP contribution in [0.15, 0.2) is 22.7 Å². The van der Waals surface area contributed by atoms with Crippen LogP contribution in [0.25, 0.3) is 0 Å². The lowest BCUT2D eigenvalue weighted by Crippen LogP contribution is -2.36. The summed E-state index contributed by atoms with van der Waals surface area (Å²) in [7, 11) is 0. The van der Waals surface area contributed by atoms with Crippen LogP contribution in [-0.4, -0.2) is 5.60 Å². The highest BCUT2D eigenvalue weighted by atomic mass is 79.9. The van der Waals surface area contributed by atoms with Gasteiger partial charge >= 0.3 is 0 Å². The zero-order valence-electron chi connectivity index (χ0n) is 8.76. The lowest BCUT2D eigenvalue weighted by Gasteiger charge is -2.35. The maximum atomic E-state index is 6.23. The van der Waals surface area contributed by atoms with E-state index in [0.717, 1.165) is 10.2 Å². The molecule has 0 bridgehead atoms. The van der Waals surface area contributed by atoms with Crippen molar-refractivity contribution in [3.8, 4) is 5.75 Å². The van der Waals surface area contributed by atoms with Crippen molar-refractivity contribution >= 4 is 15.9 Å². The first kappa shape index (κ1) is 9.71. The Hall–Kier alpha value is -0.500. The van der Waals surface area contributed by atoms with Gasteiger partial charge in [-0.15, -0.1) is 0 Å². The SMILES string of the molecule is Brc1ccc2c(c1)OC1(CCCC1)CC2. The van der Waals surface area contributed by atoms with Crippen molar-refractivity contribution in [2.45, 2.75) is 44.1 Å². The summed E-state index contributed by atoms with van der Waals surface area (Å²) in [6, 6.07) is 6.41. The van der Waals surface area contributed by atoms with Gasteiger partial charge in [-0.25, -0.2) is 0 Å². The molecule has 15 heavy (non-hydrogen) atoms. The molecule has 1 spiro atoms. The molecule has 0 saturated heterocycles. The van der Waals surface area contributed by atoms with Crippen LogP contribution in [-0.2, 0) is 6.42 Å². The van der Waals surface area contributed by atoms with E-state index in [1.54, 1.807) is 0 Å². The average Bonchev–Trinajstić information content (AvgIpc) is 2.66. The Labute approximate surface area is 99.0 Å². The first-order valence-electron chi connectivity index (χ1n) is 5.75. The van der Waals surface area contributed by atoms with Gasteiger partial charge in [-0.2, -0.15) is 0 Å². The average molecular weight is 267 g/mol. The third-order valence-electron chi connectivity index (χ3n) is 3.72. The molecule has 1 fully saturated rings. The molecule has 1 aliphatic carbocycles. The summed E-state index contributed by atoms with van der Waals surface area (Å²) in [6.07, 6.45) is 7.56. The zero-order chi connectivity index (χ0) is 10.3. The Balaban J connectivity index is 1.94. The Morgan fingerprint density at radius 3 is 2.73 bits per heavy atom. The van der Waals surface area contributed by atoms with Gasteiger partial charge in [0, 0.05) is 4.47 Å². The largest absolute Gasteiger partial charge is 0.487 e. The molecule has 2 heteroatoms. The fourth-order valence-electron chi connectivity index (χ4n) is 2.85. The number of rotatable bonds is 0. The normalized spacial score (nSPS) is 22.5. The summed E-state index contributed by atoms with van der Waals surface area (Å²) in [5.41, 5.74) is 1.56. The second-order valence-corrected chi connectivity index (χ2v) is 5.66. The van der Waals surface area contributed by atoms with Crippen LogP contribution in [0.4, 0.5) is 0 Å². The van der Waals surface area contributed by atoms with E-state index in [1.807, 2.05) is 0 Å². The van der Waals surface area contributed by atoms with Crippen LogP contribution >= 0.6 is 15.9 Å². The molecule has 1 saturated carbocycles. The molecular formula is C13H15BrO. The van der Waals surface area contributed by atoms with Gasteiger partial charge in [0.2, 0.25) is 0 Å². The van der Waals surface area contributed by atoms with Crippen LogP contribution in [0.2, 0.25) is 0 Å². The highest BCUT2D eigenvalue weighted by molar-refractivity contribution is 9.10. The van der Waals surface area contributed by atoms with E-state index in [0.29, 0.717) is 0 Å². The topological polar surface area (TPSA) is 9.23 Å². The predicted molar refractivity (Wildman–Crippen MR) is 64.3 cm³/mol. The standard InChI is InChI=1S/C13H15BrO/c14-11-4-3-10-5-8-13(6-1-2-7-13)15-12(10)9-11/h3-4,9H,1-2,5-8H2. The number of halogens is 1. The molecule has 2 aliphatic rings. The van der Waals surface area contributed by atoms with Crippen LogP contribution in [0, 0.1) is 0 Å². The van der Waals surface area contributed by atoms with Gasteiger partial charge < -0.3 is 4.74 Å². The quantitative estimate of drug-likeness (QED) is 0.688. The minimum Gasteiger partial charge on any atom is -0.487 e. The molecule has 1 aliphatic heterocycles. The molecule has 0 N–H and O–H groups in total. The Morgan fingerprint density at radius 1 is 1.13 bits per heavy atom. The van der Waals surface area contributed by atoms with Crippen molar-refractivity contribution in [3.05, 3.63) is 28.2 Å². The highest BCUT2D eigenvalue weighted by Crippen LogP contribution is 2.43. The molecule has 1 aromatic rings. The number of hydrogen-bond donors (Lipinski definition) is 0. The van der Waals surface area contributed by atoms with Crippen LogP contribution in [0.5, 0.6) is 5.75 Å². The summed E-state index contributed by atoms with van der Waals surface area (Å²) in [5.74, 6) is 1.11. The molecule has 0 unspecified atom stereocenters. The van der Waals surface area contributed by atoms with Gasteiger partial charge in [0.25, 0.3) is 0 Å². The van der Waals surface area contributed by atoms with Crippen molar-refractivity contribution in [2.75, 3.05) is 0 Å². The third-order valence-corrected chi connectivity index (χ3v) is 4.21. The van der Waals surface area contributed by atoms with Gasteiger partial charge in [0.15, 0.2) is 0 Å². The molecule has 0 aromatic heterocycles. The van der Waals surface area contributed by atoms with Crippen molar-refractivity contribution in [1.82, 2.24) is 0 Å². The van der Waals surface area contributed by atoms with Crippen molar-refractivity contribution < 1.29 is 4.74 Å². The van der Waals surface area contributed by atoms with E-state index < -0.39 is 0 Å². The number of fused-ring (bicyclic) bond motifs is 1. The molecule has 0 atom stereocenters. The summed E-state index contributed by atoms with van der Waals surface area (Å²) in [4.78, 5) is 0. The molecule has 0 amide bonds. The second-order valence-electron chi connectivity index (χ2n) is 4.74. The maximum absolute atomic E-state index is 6.23. The van der Waals surface area contributed by atoms with Gasteiger partial charge in [0.1, 0.15) is 11.4 Å². The minimum atomic E-state index is 0.188. The smallest absolute Gasteiger partial charge is 0.124 e. The molecule has 80 valence electrons. The monoisotopic (exact) mass is 266 g/mol. The number of hydrogen-bond acceptors (Lipinski definition) is 1. The number of aryl methyl sites for hydroxylation is 1. The fourth-order valence-corrected chi connectivity index (χ4v) is 3.19. The van der Waals surface area contributed by atoms with Crippen LogP contribution < -0.4 is 4.74 Å². The molecule has 0 radical (unpaired) electrons. The van der Waals surface area contributed by atoms with E-state index in [2.05, 4.69) is 34.1 Å². The predicted octanol–water partition coefficient (Wildman–Crippen LogP) is 4.09. The van der Waals surface area contributed by atoms with Gasteiger partial charge in [-0.05, 0) is 56.2 Å². The Kier molecular flexibility index (Phi) is 2.27. The second kappa shape index (κ2) is 3.51. The summed E-state index contributed by atoms with van der Waals surface area (Å²) < 4.78 is 7.35. The molecule has 1 aromatic carbocycles. The first-order chi connectivity index (χ1) is 7.27. The van der Waals surface area contributed by atoms with Crippen molar-refractivity contribution in [3.63, 3.8) is 0 Å². The number of ether oxygens (including phenoxy) is 1. The van der Waals surface area contributed by atoms with Gasteiger partial charge in [0.05, 0.1) is 0 Å². The van der Waals surface area contributed by atoms with E-state index in [9.17, 15) is 0 Å². The Bertz CT molecular complexity index is 380.